The predicted octanol–water partition coefficient (Wildman–Crippen LogP) is 2.45. The summed E-state index contributed by atoms with van der Waals surface area (Å²) in [4.78, 5) is 53.0. The fraction of sp³-hybridized carbons (Fsp3) is 0.238. The van der Waals surface area contributed by atoms with Gasteiger partial charge in [-0.3, -0.25) is 19.2 Å². The molecule has 0 bridgehead atoms. The maximum Gasteiger partial charge on any atom is 0.251 e. The second-order valence-corrected chi connectivity index (χ2v) is 6.49. The van der Waals surface area contributed by atoms with Crippen LogP contribution >= 0.6 is 0 Å². The predicted molar refractivity (Wildman–Crippen MR) is 103 cm³/mol. The average molecular weight is 364 g/mol. The summed E-state index contributed by atoms with van der Waals surface area (Å²) >= 11 is 0. The van der Waals surface area contributed by atoms with E-state index < -0.39 is 11.3 Å². The first-order valence-corrected chi connectivity index (χ1v) is 8.76. The lowest BCUT2D eigenvalue weighted by Gasteiger charge is -2.23. The number of hydrogen-bond donors (Lipinski definition) is 1. The largest absolute Gasteiger partial charge is 0.318 e. The summed E-state index contributed by atoms with van der Waals surface area (Å²) in [6, 6.07) is 2.66. The number of aryl methyl sites for hydroxylation is 2. The second kappa shape index (κ2) is 7.15. The lowest BCUT2D eigenvalue weighted by Crippen LogP contribution is -2.35. The molecule has 2 aromatic heterocycles. The number of aromatic nitrogens is 2. The number of pyridine rings is 2. The Balaban J connectivity index is 2.23. The van der Waals surface area contributed by atoms with Crippen LogP contribution in [0.25, 0.3) is 0 Å². The van der Waals surface area contributed by atoms with Gasteiger partial charge in [0.25, 0.3) is 5.56 Å². The molecule has 2 aromatic rings. The minimum Gasteiger partial charge on any atom is -0.318 e. The van der Waals surface area contributed by atoms with E-state index in [1.165, 1.54) is 16.7 Å². The zero-order valence-corrected chi connectivity index (χ0v) is 15.5. The number of carbonyl (C=O) groups is 2. The molecule has 0 fully saturated rings. The van der Waals surface area contributed by atoms with Gasteiger partial charge in [-0.1, -0.05) is 31.2 Å². The van der Waals surface area contributed by atoms with Crippen LogP contribution in [0.3, 0.4) is 0 Å². The molecule has 0 spiro atoms. The van der Waals surface area contributed by atoms with E-state index in [-0.39, 0.29) is 40.4 Å². The molecule has 1 N–H and O–H groups in total. The number of fused-ring (bicyclic) bond motifs is 2. The van der Waals surface area contributed by atoms with Gasteiger partial charge in [0.2, 0.25) is 11.3 Å². The van der Waals surface area contributed by atoms with E-state index in [1.807, 2.05) is 19.1 Å². The molecule has 0 unspecified atom stereocenters. The quantitative estimate of drug-likeness (QED) is 0.720. The van der Waals surface area contributed by atoms with Gasteiger partial charge < -0.3 is 9.55 Å². The van der Waals surface area contributed by atoms with Gasteiger partial charge in [0, 0.05) is 18.7 Å². The Hall–Kier alpha value is -3.28. The number of rotatable bonds is 4. The van der Waals surface area contributed by atoms with Gasteiger partial charge in [-0.05, 0) is 31.4 Å². The third-order valence-corrected chi connectivity index (χ3v) is 4.55. The molecular weight excluding hydrogens is 344 g/mol. The van der Waals surface area contributed by atoms with Gasteiger partial charge in [0.05, 0.1) is 11.1 Å². The van der Waals surface area contributed by atoms with Crippen molar-refractivity contribution in [1.82, 2.24) is 9.55 Å². The Kier molecular flexibility index (Phi) is 4.90. The van der Waals surface area contributed by atoms with E-state index in [1.54, 1.807) is 26.0 Å². The van der Waals surface area contributed by atoms with Crippen molar-refractivity contribution in [2.24, 2.45) is 0 Å². The van der Waals surface area contributed by atoms with E-state index in [4.69, 9.17) is 0 Å². The first-order chi connectivity index (χ1) is 12.9. The number of ketones is 2. The fourth-order valence-corrected chi connectivity index (χ4v) is 3.32. The highest BCUT2D eigenvalue weighted by Gasteiger charge is 2.35. The van der Waals surface area contributed by atoms with E-state index in [0.717, 1.165) is 6.42 Å². The molecule has 0 saturated carbocycles. The maximum atomic E-state index is 13.1. The summed E-state index contributed by atoms with van der Waals surface area (Å²) in [5.74, 6) is -0.867. The Morgan fingerprint density at radius 1 is 0.926 bits per heavy atom. The van der Waals surface area contributed by atoms with Crippen molar-refractivity contribution in [3.63, 3.8) is 0 Å². The molecule has 138 valence electrons. The van der Waals surface area contributed by atoms with Crippen molar-refractivity contribution >= 4 is 11.6 Å². The third kappa shape index (κ3) is 3.14. The minimum atomic E-state index is -0.515. The second-order valence-electron chi connectivity index (χ2n) is 6.49. The first-order valence-electron chi connectivity index (χ1n) is 8.76. The Labute approximate surface area is 155 Å². The number of hydrogen-bond acceptors (Lipinski definition) is 4. The van der Waals surface area contributed by atoms with E-state index >= 15 is 0 Å². The van der Waals surface area contributed by atoms with Crippen molar-refractivity contribution < 1.29 is 9.59 Å². The Morgan fingerprint density at radius 2 is 1.59 bits per heavy atom. The highest BCUT2D eigenvalue weighted by atomic mass is 16.2. The summed E-state index contributed by atoms with van der Waals surface area (Å²) in [5.41, 5.74) is 0.475. The van der Waals surface area contributed by atoms with Gasteiger partial charge in [0.1, 0.15) is 11.4 Å². The SMILES string of the molecule is CC/C=C/C=C/Cn1c2c(c(C)cc1=O)C(=O)c1c(C)cc(=O)[nH]c1C2=O. The summed E-state index contributed by atoms with van der Waals surface area (Å²) in [6.45, 7) is 5.43. The lowest BCUT2D eigenvalue weighted by molar-refractivity contribution is 0.0965. The smallest absolute Gasteiger partial charge is 0.251 e. The van der Waals surface area contributed by atoms with Crippen molar-refractivity contribution in [2.75, 3.05) is 0 Å². The molecule has 0 saturated heterocycles. The molecule has 3 rings (SSSR count). The van der Waals surface area contributed by atoms with Crippen LogP contribution in [0.4, 0.5) is 0 Å². The van der Waals surface area contributed by atoms with Crippen LogP contribution in [0.5, 0.6) is 0 Å². The van der Waals surface area contributed by atoms with Crippen LogP contribution in [0, 0.1) is 13.8 Å². The summed E-state index contributed by atoms with van der Waals surface area (Å²) in [6.07, 6.45) is 8.24. The molecule has 1 aliphatic carbocycles. The molecule has 1 aliphatic rings. The Morgan fingerprint density at radius 3 is 2.30 bits per heavy atom. The average Bonchev–Trinajstić information content (AvgIpc) is 2.60. The van der Waals surface area contributed by atoms with Crippen LogP contribution in [0.1, 0.15) is 56.6 Å². The molecule has 0 amide bonds. The first kappa shape index (κ1) is 18.5. The molecule has 0 radical (unpaired) electrons. The topological polar surface area (TPSA) is 89.0 Å². The van der Waals surface area contributed by atoms with Crippen LogP contribution < -0.4 is 11.1 Å². The van der Waals surface area contributed by atoms with Crippen molar-refractivity contribution in [3.8, 4) is 0 Å². The van der Waals surface area contributed by atoms with Gasteiger partial charge in [0.15, 0.2) is 5.78 Å². The number of carbonyl (C=O) groups excluding carboxylic acids is 2. The highest BCUT2D eigenvalue weighted by Crippen LogP contribution is 2.28. The van der Waals surface area contributed by atoms with E-state index in [0.29, 0.717) is 11.1 Å². The van der Waals surface area contributed by atoms with Crippen LogP contribution in [0.2, 0.25) is 0 Å². The maximum absolute atomic E-state index is 13.1. The summed E-state index contributed by atoms with van der Waals surface area (Å²) < 4.78 is 1.28. The molecule has 0 atom stereocenters. The highest BCUT2D eigenvalue weighted by molar-refractivity contribution is 6.27. The number of nitrogens with one attached hydrogen (secondary N) is 1. The molecule has 0 aliphatic heterocycles. The van der Waals surface area contributed by atoms with Gasteiger partial charge >= 0.3 is 0 Å². The van der Waals surface area contributed by atoms with Gasteiger partial charge in [-0.25, -0.2) is 0 Å². The van der Waals surface area contributed by atoms with E-state index in [2.05, 4.69) is 4.98 Å². The van der Waals surface area contributed by atoms with Crippen molar-refractivity contribution in [1.29, 1.82) is 0 Å². The zero-order valence-electron chi connectivity index (χ0n) is 15.5. The number of H-pyrrole nitrogens is 1. The van der Waals surface area contributed by atoms with Crippen LogP contribution in [0.15, 0.2) is 46.0 Å². The Bertz CT molecular complexity index is 1130. The number of aromatic amines is 1. The third-order valence-electron chi connectivity index (χ3n) is 4.55. The summed E-state index contributed by atoms with van der Waals surface area (Å²) in [5, 5.41) is 0. The normalized spacial score (nSPS) is 13.4. The lowest BCUT2D eigenvalue weighted by atomic mass is 9.85. The molecule has 6 heteroatoms. The van der Waals surface area contributed by atoms with Crippen LogP contribution in [-0.2, 0) is 6.54 Å². The van der Waals surface area contributed by atoms with Gasteiger partial charge in [-0.15, -0.1) is 0 Å². The van der Waals surface area contributed by atoms with E-state index in [9.17, 15) is 19.2 Å². The number of allylic oxidation sites excluding steroid dienone is 4. The molecule has 2 heterocycles. The minimum absolute atomic E-state index is 0.0304. The molecule has 27 heavy (non-hydrogen) atoms. The van der Waals surface area contributed by atoms with Crippen molar-refractivity contribution in [2.45, 2.75) is 33.7 Å². The zero-order chi connectivity index (χ0) is 19.7. The standard InChI is InChI=1S/C21H20N2O4/c1-4-5-6-7-8-9-23-15(25)11-13(3)17-19(23)21(27)18-16(20(17)26)12(2)10-14(24)22-18/h5-8,10-11H,4,9H2,1-3H3,(H,22,24)/b6-5+,8-7+. The fourth-order valence-electron chi connectivity index (χ4n) is 3.32. The molecule has 0 aromatic carbocycles. The monoisotopic (exact) mass is 364 g/mol. The molecular formula is C21H20N2O4. The summed E-state index contributed by atoms with van der Waals surface area (Å²) in [7, 11) is 0. The van der Waals surface area contributed by atoms with Crippen molar-refractivity contribution in [3.05, 3.63) is 90.8 Å². The van der Waals surface area contributed by atoms with Gasteiger partial charge in [-0.2, -0.15) is 0 Å². The number of nitrogens with zero attached hydrogens (tertiary/aromatic N) is 1. The van der Waals surface area contributed by atoms with Crippen LogP contribution in [-0.4, -0.2) is 21.1 Å². The molecule has 6 nitrogen and oxygen atoms in total.